The van der Waals surface area contributed by atoms with Crippen LogP contribution in [0.4, 0.5) is 10.1 Å². The van der Waals surface area contributed by atoms with E-state index in [1.807, 2.05) is 0 Å². The van der Waals surface area contributed by atoms with Crippen molar-refractivity contribution in [2.75, 3.05) is 19.0 Å². The van der Waals surface area contributed by atoms with Gasteiger partial charge in [-0.1, -0.05) is 0 Å². The summed E-state index contributed by atoms with van der Waals surface area (Å²) in [6, 6.07) is 5.09. The van der Waals surface area contributed by atoms with Gasteiger partial charge in [-0.3, -0.25) is 0 Å². The summed E-state index contributed by atoms with van der Waals surface area (Å²) in [5.41, 5.74) is 0.603. The number of halogens is 1. The summed E-state index contributed by atoms with van der Waals surface area (Å²) in [7, 11) is 1.59. The molecule has 2 aliphatic rings. The fourth-order valence-corrected chi connectivity index (χ4v) is 3.03. The number of nitrogens with one attached hydrogen (secondary N) is 1. The van der Waals surface area contributed by atoms with Crippen LogP contribution < -0.4 is 10.1 Å². The van der Waals surface area contributed by atoms with Gasteiger partial charge in [0.05, 0.1) is 18.4 Å². The van der Waals surface area contributed by atoms with E-state index >= 15 is 0 Å². The van der Waals surface area contributed by atoms with E-state index in [4.69, 9.17) is 9.47 Å². The van der Waals surface area contributed by atoms with E-state index in [-0.39, 0.29) is 17.5 Å². The van der Waals surface area contributed by atoms with Crippen LogP contribution in [0, 0.1) is 5.82 Å². The predicted molar refractivity (Wildman–Crippen MR) is 72.1 cm³/mol. The third-order valence-corrected chi connectivity index (χ3v) is 4.29. The van der Waals surface area contributed by atoms with Crippen molar-refractivity contribution in [1.82, 2.24) is 0 Å². The van der Waals surface area contributed by atoms with E-state index in [1.165, 1.54) is 12.5 Å². The molecule has 1 aromatic carbocycles. The summed E-state index contributed by atoms with van der Waals surface area (Å²) in [6.07, 6.45) is 5.44. The van der Waals surface area contributed by atoms with Crippen LogP contribution in [0.5, 0.6) is 5.75 Å². The number of rotatable bonds is 3. The van der Waals surface area contributed by atoms with Crippen LogP contribution in [0.15, 0.2) is 18.2 Å². The van der Waals surface area contributed by atoms with Crippen LogP contribution in [0.1, 0.15) is 32.1 Å². The summed E-state index contributed by atoms with van der Waals surface area (Å²) in [6.45, 7) is 0.767. The van der Waals surface area contributed by atoms with Crippen LogP contribution in [0.2, 0.25) is 0 Å². The minimum atomic E-state index is -0.227. The Bertz CT molecular complexity index is 459. The van der Waals surface area contributed by atoms with Gasteiger partial charge in [0.2, 0.25) is 0 Å². The van der Waals surface area contributed by atoms with E-state index in [2.05, 4.69) is 5.32 Å². The SMILES string of the molecule is COc1ccc(F)c(NC2CCOC3(CCC3)C2)c1. The molecule has 1 aromatic rings. The monoisotopic (exact) mass is 265 g/mol. The van der Waals surface area contributed by atoms with Gasteiger partial charge in [0.15, 0.2) is 0 Å². The Morgan fingerprint density at radius 1 is 1.42 bits per heavy atom. The van der Waals surface area contributed by atoms with Gasteiger partial charge in [0, 0.05) is 18.7 Å². The molecule has 1 N–H and O–H groups in total. The molecule has 2 fully saturated rings. The molecule has 104 valence electrons. The number of methoxy groups -OCH3 is 1. The van der Waals surface area contributed by atoms with Crippen LogP contribution in [0.25, 0.3) is 0 Å². The Hall–Kier alpha value is -1.29. The third kappa shape index (κ3) is 2.54. The average molecular weight is 265 g/mol. The highest BCUT2D eigenvalue weighted by molar-refractivity contribution is 5.50. The molecule has 3 rings (SSSR count). The molecule has 0 aromatic heterocycles. The first-order valence-electron chi connectivity index (χ1n) is 6.95. The summed E-state index contributed by atoms with van der Waals surface area (Å²) < 4.78 is 24.8. The summed E-state index contributed by atoms with van der Waals surface area (Å²) in [5.74, 6) is 0.448. The standard InChI is InChI=1S/C15H20FNO2/c1-18-12-3-4-13(16)14(9-12)17-11-5-8-19-15(10-11)6-2-7-15/h3-4,9,11,17H,2,5-8,10H2,1H3. The molecule has 1 spiro atoms. The van der Waals surface area contributed by atoms with Crippen molar-refractivity contribution in [1.29, 1.82) is 0 Å². The van der Waals surface area contributed by atoms with Crippen LogP contribution >= 0.6 is 0 Å². The van der Waals surface area contributed by atoms with E-state index in [0.29, 0.717) is 11.4 Å². The van der Waals surface area contributed by atoms with Crippen molar-refractivity contribution in [2.45, 2.75) is 43.7 Å². The molecule has 1 saturated carbocycles. The Balaban J connectivity index is 1.70. The number of anilines is 1. The normalized spacial score (nSPS) is 24.8. The van der Waals surface area contributed by atoms with Crippen molar-refractivity contribution < 1.29 is 13.9 Å². The highest BCUT2D eigenvalue weighted by Crippen LogP contribution is 2.43. The van der Waals surface area contributed by atoms with Gasteiger partial charge in [-0.05, 0) is 44.2 Å². The molecule has 0 bridgehead atoms. The van der Waals surface area contributed by atoms with Gasteiger partial charge in [-0.25, -0.2) is 4.39 Å². The van der Waals surface area contributed by atoms with Gasteiger partial charge in [0.25, 0.3) is 0 Å². The first kappa shape index (κ1) is 12.7. The summed E-state index contributed by atoms with van der Waals surface area (Å²) in [5, 5.41) is 3.31. The molecule has 1 saturated heterocycles. The quantitative estimate of drug-likeness (QED) is 0.909. The summed E-state index contributed by atoms with van der Waals surface area (Å²) in [4.78, 5) is 0. The van der Waals surface area contributed by atoms with Crippen molar-refractivity contribution in [3.05, 3.63) is 24.0 Å². The predicted octanol–water partition coefficient (Wildman–Crippen LogP) is 3.35. The molecule has 0 radical (unpaired) electrons. The molecular formula is C15H20FNO2. The maximum atomic E-state index is 13.8. The summed E-state index contributed by atoms with van der Waals surface area (Å²) >= 11 is 0. The Morgan fingerprint density at radius 2 is 2.26 bits per heavy atom. The minimum absolute atomic E-state index is 0.0747. The number of benzene rings is 1. The first-order chi connectivity index (χ1) is 9.21. The lowest BCUT2D eigenvalue weighted by atomic mass is 9.74. The van der Waals surface area contributed by atoms with Gasteiger partial charge in [0.1, 0.15) is 11.6 Å². The zero-order valence-corrected chi connectivity index (χ0v) is 11.2. The highest BCUT2D eigenvalue weighted by Gasteiger charge is 2.42. The van der Waals surface area contributed by atoms with E-state index < -0.39 is 0 Å². The van der Waals surface area contributed by atoms with E-state index in [0.717, 1.165) is 32.3 Å². The fourth-order valence-electron chi connectivity index (χ4n) is 3.03. The average Bonchev–Trinajstić information content (AvgIpc) is 2.40. The Kier molecular flexibility index (Phi) is 3.35. The van der Waals surface area contributed by atoms with Crippen LogP contribution in [-0.4, -0.2) is 25.4 Å². The van der Waals surface area contributed by atoms with Crippen LogP contribution in [0.3, 0.4) is 0 Å². The molecule has 4 heteroatoms. The van der Waals surface area contributed by atoms with Crippen molar-refractivity contribution in [3.8, 4) is 5.75 Å². The van der Waals surface area contributed by atoms with E-state index in [1.54, 1.807) is 19.2 Å². The molecule has 1 unspecified atom stereocenters. The zero-order valence-electron chi connectivity index (χ0n) is 11.2. The second kappa shape index (κ2) is 5.00. The number of ether oxygens (including phenoxy) is 2. The first-order valence-corrected chi connectivity index (χ1v) is 6.95. The topological polar surface area (TPSA) is 30.5 Å². The third-order valence-electron chi connectivity index (χ3n) is 4.29. The lowest BCUT2D eigenvalue weighted by molar-refractivity contribution is -0.130. The zero-order chi connectivity index (χ0) is 13.3. The van der Waals surface area contributed by atoms with Gasteiger partial charge < -0.3 is 14.8 Å². The highest BCUT2D eigenvalue weighted by atomic mass is 19.1. The van der Waals surface area contributed by atoms with Crippen molar-refractivity contribution in [3.63, 3.8) is 0 Å². The van der Waals surface area contributed by atoms with Crippen LogP contribution in [-0.2, 0) is 4.74 Å². The van der Waals surface area contributed by atoms with Gasteiger partial charge in [-0.2, -0.15) is 0 Å². The molecule has 1 atom stereocenters. The lowest BCUT2D eigenvalue weighted by Gasteiger charge is -2.47. The second-order valence-electron chi connectivity index (χ2n) is 5.56. The lowest BCUT2D eigenvalue weighted by Crippen LogP contribution is -2.49. The van der Waals surface area contributed by atoms with Gasteiger partial charge >= 0.3 is 0 Å². The number of hydrogen-bond donors (Lipinski definition) is 1. The van der Waals surface area contributed by atoms with Gasteiger partial charge in [-0.15, -0.1) is 0 Å². The maximum Gasteiger partial charge on any atom is 0.146 e. The molecule has 3 nitrogen and oxygen atoms in total. The number of hydrogen-bond acceptors (Lipinski definition) is 3. The van der Waals surface area contributed by atoms with E-state index in [9.17, 15) is 4.39 Å². The largest absolute Gasteiger partial charge is 0.497 e. The maximum absolute atomic E-state index is 13.8. The Labute approximate surface area is 113 Å². The smallest absolute Gasteiger partial charge is 0.146 e. The molecule has 1 aliphatic heterocycles. The Morgan fingerprint density at radius 3 is 2.95 bits per heavy atom. The van der Waals surface area contributed by atoms with Crippen molar-refractivity contribution >= 4 is 5.69 Å². The molecule has 0 amide bonds. The van der Waals surface area contributed by atoms with Crippen molar-refractivity contribution in [2.24, 2.45) is 0 Å². The molecular weight excluding hydrogens is 245 g/mol. The molecule has 19 heavy (non-hydrogen) atoms. The molecule has 1 heterocycles. The minimum Gasteiger partial charge on any atom is -0.497 e. The second-order valence-corrected chi connectivity index (χ2v) is 5.56. The molecule has 1 aliphatic carbocycles. The fraction of sp³-hybridized carbons (Fsp3) is 0.600.